The number of anilines is 3. The molecule has 112 valence electrons. The molecule has 21 heavy (non-hydrogen) atoms. The smallest absolute Gasteiger partial charge is 0.233 e. The minimum Gasteiger partial charge on any atom is -0.354 e. The van der Waals surface area contributed by atoms with Crippen LogP contribution in [-0.2, 0) is 10.0 Å². The van der Waals surface area contributed by atoms with Crippen molar-refractivity contribution in [2.24, 2.45) is 0 Å². The van der Waals surface area contributed by atoms with Crippen LogP contribution in [0.4, 0.5) is 21.6 Å². The summed E-state index contributed by atoms with van der Waals surface area (Å²) in [5, 5.41) is 3.00. The summed E-state index contributed by atoms with van der Waals surface area (Å²) < 4.78 is 38.2. The van der Waals surface area contributed by atoms with Crippen LogP contribution in [0.3, 0.4) is 0 Å². The minimum atomic E-state index is -3.35. The third kappa shape index (κ3) is 4.30. The van der Waals surface area contributed by atoms with Crippen LogP contribution in [0.1, 0.15) is 6.92 Å². The molecule has 0 saturated carbocycles. The van der Waals surface area contributed by atoms with Crippen molar-refractivity contribution in [1.29, 1.82) is 0 Å². The molecular weight excluding hydrogens is 317 g/mol. The van der Waals surface area contributed by atoms with Crippen LogP contribution in [0.25, 0.3) is 0 Å². The average Bonchev–Trinajstić information content (AvgIpc) is 2.45. The van der Waals surface area contributed by atoms with E-state index in [0.717, 1.165) is 0 Å². The fraction of sp³-hybridized carbons (Fsp3) is 0.154. The Bertz CT molecular complexity index is 736. The van der Waals surface area contributed by atoms with Crippen molar-refractivity contribution in [2.45, 2.75) is 6.92 Å². The summed E-state index contributed by atoms with van der Waals surface area (Å²) in [6.07, 6.45) is 1.46. The maximum Gasteiger partial charge on any atom is 0.233 e. The van der Waals surface area contributed by atoms with Crippen LogP contribution in [0.5, 0.6) is 0 Å². The van der Waals surface area contributed by atoms with E-state index in [4.69, 9.17) is 11.6 Å². The summed E-state index contributed by atoms with van der Waals surface area (Å²) in [6, 6.07) is 7.42. The highest BCUT2D eigenvalue weighted by Crippen LogP contribution is 2.22. The zero-order valence-corrected chi connectivity index (χ0v) is 12.7. The fourth-order valence-electron chi connectivity index (χ4n) is 1.50. The lowest BCUT2D eigenvalue weighted by Crippen LogP contribution is -2.15. The standard InChI is InChI=1S/C13H13ClFN3O2S/c1-2-21(19,20)18-13-6-4-10(8-16-13)17-9-3-5-12(15)11(14)7-9/h3-8,17H,2H2,1H3,(H,16,18). The molecule has 1 aromatic carbocycles. The molecule has 0 amide bonds. The van der Waals surface area contributed by atoms with Crippen molar-refractivity contribution in [1.82, 2.24) is 4.98 Å². The number of rotatable bonds is 5. The van der Waals surface area contributed by atoms with E-state index in [9.17, 15) is 12.8 Å². The lowest BCUT2D eigenvalue weighted by Gasteiger charge is -2.08. The van der Waals surface area contributed by atoms with Gasteiger partial charge in [0.25, 0.3) is 0 Å². The van der Waals surface area contributed by atoms with Crippen LogP contribution >= 0.6 is 11.6 Å². The van der Waals surface area contributed by atoms with Crippen molar-refractivity contribution >= 4 is 38.8 Å². The van der Waals surface area contributed by atoms with Gasteiger partial charge in [-0.15, -0.1) is 0 Å². The van der Waals surface area contributed by atoms with Gasteiger partial charge in [-0.25, -0.2) is 17.8 Å². The third-order valence-electron chi connectivity index (χ3n) is 2.61. The quantitative estimate of drug-likeness (QED) is 0.882. The number of hydrogen-bond acceptors (Lipinski definition) is 4. The molecule has 0 fully saturated rings. The van der Waals surface area contributed by atoms with E-state index in [1.807, 2.05) is 0 Å². The first-order chi connectivity index (χ1) is 9.89. The van der Waals surface area contributed by atoms with E-state index in [0.29, 0.717) is 11.4 Å². The molecule has 2 N–H and O–H groups in total. The van der Waals surface area contributed by atoms with Gasteiger partial charge in [-0.05, 0) is 37.3 Å². The van der Waals surface area contributed by atoms with E-state index in [-0.39, 0.29) is 16.6 Å². The molecular formula is C13H13ClFN3O2S. The first-order valence-electron chi connectivity index (χ1n) is 6.08. The van der Waals surface area contributed by atoms with Gasteiger partial charge in [0.15, 0.2) is 0 Å². The van der Waals surface area contributed by atoms with E-state index >= 15 is 0 Å². The normalized spacial score (nSPS) is 11.2. The van der Waals surface area contributed by atoms with Crippen LogP contribution in [-0.4, -0.2) is 19.2 Å². The molecule has 0 aliphatic heterocycles. The van der Waals surface area contributed by atoms with Gasteiger partial charge in [0.2, 0.25) is 10.0 Å². The molecule has 8 heteroatoms. The summed E-state index contributed by atoms with van der Waals surface area (Å²) in [4.78, 5) is 3.99. The highest BCUT2D eigenvalue weighted by molar-refractivity contribution is 7.92. The molecule has 0 radical (unpaired) electrons. The molecule has 0 spiro atoms. The SMILES string of the molecule is CCS(=O)(=O)Nc1ccc(Nc2ccc(F)c(Cl)c2)cn1. The Hall–Kier alpha value is -1.86. The van der Waals surface area contributed by atoms with Crippen LogP contribution in [0.15, 0.2) is 36.5 Å². The van der Waals surface area contributed by atoms with E-state index in [1.165, 1.54) is 37.4 Å². The third-order valence-corrected chi connectivity index (χ3v) is 4.18. The maximum atomic E-state index is 13.0. The molecule has 0 saturated heterocycles. The largest absolute Gasteiger partial charge is 0.354 e. The van der Waals surface area contributed by atoms with Gasteiger partial charge >= 0.3 is 0 Å². The zero-order chi connectivity index (χ0) is 15.5. The number of pyridine rings is 1. The van der Waals surface area contributed by atoms with Crippen molar-refractivity contribution < 1.29 is 12.8 Å². The Morgan fingerprint density at radius 2 is 1.95 bits per heavy atom. The number of benzene rings is 1. The van der Waals surface area contributed by atoms with E-state index in [1.54, 1.807) is 6.07 Å². The molecule has 1 heterocycles. The zero-order valence-electron chi connectivity index (χ0n) is 11.1. The number of hydrogen-bond donors (Lipinski definition) is 2. The van der Waals surface area contributed by atoms with Gasteiger partial charge in [0.1, 0.15) is 11.6 Å². The fourth-order valence-corrected chi connectivity index (χ4v) is 2.26. The Morgan fingerprint density at radius 3 is 2.52 bits per heavy atom. The maximum absolute atomic E-state index is 13.0. The van der Waals surface area contributed by atoms with Crippen molar-refractivity contribution in [3.8, 4) is 0 Å². The number of aromatic nitrogens is 1. The molecule has 0 unspecified atom stereocenters. The lowest BCUT2D eigenvalue weighted by atomic mass is 10.3. The van der Waals surface area contributed by atoms with Crippen molar-refractivity contribution in [2.75, 3.05) is 15.8 Å². The summed E-state index contributed by atoms with van der Waals surface area (Å²) in [6.45, 7) is 1.54. The number of nitrogens with zero attached hydrogens (tertiary/aromatic N) is 1. The highest BCUT2D eigenvalue weighted by atomic mass is 35.5. The Morgan fingerprint density at radius 1 is 1.24 bits per heavy atom. The van der Waals surface area contributed by atoms with Crippen molar-refractivity contribution in [3.05, 3.63) is 47.4 Å². The predicted molar refractivity (Wildman–Crippen MR) is 82.0 cm³/mol. The van der Waals surface area contributed by atoms with E-state index in [2.05, 4.69) is 15.0 Å². The summed E-state index contributed by atoms with van der Waals surface area (Å²) in [5.74, 6) is -0.285. The Labute approximate surface area is 127 Å². The topological polar surface area (TPSA) is 71.1 Å². The van der Waals surface area contributed by atoms with Crippen LogP contribution in [0.2, 0.25) is 5.02 Å². The van der Waals surface area contributed by atoms with Gasteiger partial charge < -0.3 is 5.32 Å². The number of halogens is 2. The molecule has 1 aromatic heterocycles. The Kier molecular flexibility index (Phi) is 4.64. The first-order valence-corrected chi connectivity index (χ1v) is 8.11. The van der Waals surface area contributed by atoms with Gasteiger partial charge in [-0.2, -0.15) is 0 Å². The van der Waals surface area contributed by atoms with Crippen molar-refractivity contribution in [3.63, 3.8) is 0 Å². The van der Waals surface area contributed by atoms with Crippen LogP contribution in [0, 0.1) is 5.82 Å². The van der Waals surface area contributed by atoms with Crippen LogP contribution < -0.4 is 10.0 Å². The second kappa shape index (κ2) is 6.28. The monoisotopic (exact) mass is 329 g/mol. The average molecular weight is 330 g/mol. The molecule has 2 rings (SSSR count). The van der Waals surface area contributed by atoms with Gasteiger partial charge in [-0.1, -0.05) is 11.6 Å². The molecule has 0 bridgehead atoms. The van der Waals surface area contributed by atoms with Gasteiger partial charge in [0, 0.05) is 5.69 Å². The minimum absolute atomic E-state index is 0.0142. The second-order valence-electron chi connectivity index (χ2n) is 4.19. The molecule has 0 atom stereocenters. The lowest BCUT2D eigenvalue weighted by molar-refractivity contribution is 0.602. The summed E-state index contributed by atoms with van der Waals surface area (Å²) in [5.41, 5.74) is 1.22. The second-order valence-corrected chi connectivity index (χ2v) is 6.61. The summed E-state index contributed by atoms with van der Waals surface area (Å²) in [7, 11) is -3.35. The predicted octanol–water partition coefficient (Wildman–Crippen LogP) is 3.38. The number of sulfonamides is 1. The molecule has 2 aromatic rings. The summed E-state index contributed by atoms with van der Waals surface area (Å²) >= 11 is 5.69. The van der Waals surface area contributed by atoms with Gasteiger partial charge in [0.05, 0.1) is 22.7 Å². The highest BCUT2D eigenvalue weighted by Gasteiger charge is 2.07. The molecule has 0 aliphatic carbocycles. The van der Waals surface area contributed by atoms with Gasteiger partial charge in [-0.3, -0.25) is 4.72 Å². The molecule has 0 aliphatic rings. The molecule has 5 nitrogen and oxygen atoms in total. The Balaban J connectivity index is 2.10. The number of nitrogens with one attached hydrogen (secondary N) is 2. The first kappa shape index (κ1) is 15.5. The van der Waals surface area contributed by atoms with E-state index < -0.39 is 15.8 Å².